The highest BCUT2D eigenvalue weighted by Crippen LogP contribution is 2.23. The maximum Gasteiger partial charge on any atom is 0.242 e. The third-order valence-corrected chi connectivity index (χ3v) is 4.66. The SMILES string of the molecule is CCN(CC)CCNS(=O)(=O)c1ccc(OC)cc1N. The van der Waals surface area contributed by atoms with Gasteiger partial charge in [-0.05, 0) is 25.2 Å². The van der Waals surface area contributed by atoms with Crippen molar-refractivity contribution >= 4 is 15.7 Å². The van der Waals surface area contributed by atoms with Gasteiger partial charge in [-0.2, -0.15) is 0 Å². The Morgan fingerprint density at radius 2 is 1.95 bits per heavy atom. The molecule has 0 aliphatic rings. The van der Waals surface area contributed by atoms with Crippen molar-refractivity contribution in [3.63, 3.8) is 0 Å². The maximum atomic E-state index is 12.2. The van der Waals surface area contributed by atoms with Crippen LogP contribution in [0.1, 0.15) is 13.8 Å². The molecule has 0 saturated carbocycles. The van der Waals surface area contributed by atoms with Crippen molar-refractivity contribution in [1.82, 2.24) is 9.62 Å². The van der Waals surface area contributed by atoms with E-state index in [1.807, 2.05) is 13.8 Å². The number of likely N-dealkylation sites (N-methyl/N-ethyl adjacent to an activating group) is 1. The summed E-state index contributed by atoms with van der Waals surface area (Å²) >= 11 is 0. The number of methoxy groups -OCH3 is 1. The van der Waals surface area contributed by atoms with Crippen LogP contribution in [0.3, 0.4) is 0 Å². The summed E-state index contributed by atoms with van der Waals surface area (Å²) in [6.45, 7) is 6.89. The van der Waals surface area contributed by atoms with Gasteiger partial charge in [-0.25, -0.2) is 13.1 Å². The summed E-state index contributed by atoms with van der Waals surface area (Å²) in [5.74, 6) is 0.532. The summed E-state index contributed by atoms with van der Waals surface area (Å²) in [7, 11) is -2.08. The molecule has 6 nitrogen and oxygen atoms in total. The van der Waals surface area contributed by atoms with Crippen molar-refractivity contribution in [1.29, 1.82) is 0 Å². The zero-order valence-electron chi connectivity index (χ0n) is 12.2. The van der Waals surface area contributed by atoms with Gasteiger partial charge in [0.25, 0.3) is 0 Å². The van der Waals surface area contributed by atoms with E-state index in [0.717, 1.165) is 13.1 Å². The highest BCUT2D eigenvalue weighted by atomic mass is 32.2. The van der Waals surface area contributed by atoms with Gasteiger partial charge in [-0.3, -0.25) is 0 Å². The molecule has 0 radical (unpaired) electrons. The average molecular weight is 301 g/mol. The van der Waals surface area contributed by atoms with E-state index in [-0.39, 0.29) is 10.6 Å². The Hall–Kier alpha value is -1.31. The fourth-order valence-electron chi connectivity index (χ4n) is 1.85. The molecule has 0 saturated heterocycles. The van der Waals surface area contributed by atoms with Crippen LogP contribution < -0.4 is 15.2 Å². The van der Waals surface area contributed by atoms with E-state index in [1.54, 1.807) is 6.07 Å². The van der Waals surface area contributed by atoms with E-state index in [2.05, 4.69) is 9.62 Å². The lowest BCUT2D eigenvalue weighted by Crippen LogP contribution is -2.35. The lowest BCUT2D eigenvalue weighted by Gasteiger charge is -2.18. The number of hydrogen-bond acceptors (Lipinski definition) is 5. The van der Waals surface area contributed by atoms with E-state index in [1.165, 1.54) is 19.2 Å². The summed E-state index contributed by atoms with van der Waals surface area (Å²) < 4.78 is 31.9. The molecule has 0 aromatic heterocycles. The van der Waals surface area contributed by atoms with Crippen LogP contribution in [0.5, 0.6) is 5.75 Å². The number of sulfonamides is 1. The van der Waals surface area contributed by atoms with Crippen molar-refractivity contribution < 1.29 is 13.2 Å². The Bertz CT molecular complexity index is 528. The number of benzene rings is 1. The standard InChI is InChI=1S/C13H23N3O3S/c1-4-16(5-2)9-8-15-20(17,18)13-7-6-11(19-3)10-12(13)14/h6-7,10,15H,4-5,8-9,14H2,1-3H3. The molecule has 0 fully saturated rings. The number of nitrogens with two attached hydrogens (primary N) is 1. The van der Waals surface area contributed by atoms with Gasteiger partial charge in [-0.15, -0.1) is 0 Å². The molecular formula is C13H23N3O3S. The smallest absolute Gasteiger partial charge is 0.242 e. The second kappa shape index (κ2) is 7.47. The first-order chi connectivity index (χ1) is 9.44. The number of rotatable bonds is 8. The molecule has 0 unspecified atom stereocenters. The van der Waals surface area contributed by atoms with Crippen LogP contribution in [0.25, 0.3) is 0 Å². The van der Waals surface area contributed by atoms with Crippen LogP contribution in [-0.2, 0) is 10.0 Å². The summed E-state index contributed by atoms with van der Waals surface area (Å²) in [5, 5.41) is 0. The molecule has 1 rings (SSSR count). The van der Waals surface area contributed by atoms with Crippen molar-refractivity contribution in [2.75, 3.05) is 39.0 Å². The number of anilines is 1. The number of nitrogens with zero attached hydrogens (tertiary/aromatic N) is 1. The first kappa shape index (κ1) is 16.7. The molecule has 0 bridgehead atoms. The molecule has 3 N–H and O–H groups in total. The molecule has 0 heterocycles. The van der Waals surface area contributed by atoms with E-state index >= 15 is 0 Å². The molecule has 1 aromatic carbocycles. The molecule has 114 valence electrons. The highest BCUT2D eigenvalue weighted by molar-refractivity contribution is 7.89. The van der Waals surface area contributed by atoms with Gasteiger partial charge in [0.2, 0.25) is 10.0 Å². The number of nitrogen functional groups attached to an aromatic ring is 1. The van der Waals surface area contributed by atoms with Crippen LogP contribution in [0.4, 0.5) is 5.69 Å². The number of hydrogen-bond donors (Lipinski definition) is 2. The van der Waals surface area contributed by atoms with E-state index in [0.29, 0.717) is 18.8 Å². The summed E-state index contributed by atoms with van der Waals surface area (Å²) in [6, 6.07) is 4.53. The molecule has 0 amide bonds. The first-order valence-electron chi connectivity index (χ1n) is 6.60. The van der Waals surface area contributed by atoms with Gasteiger partial charge >= 0.3 is 0 Å². The molecule has 0 spiro atoms. The van der Waals surface area contributed by atoms with Crippen molar-refractivity contribution in [2.45, 2.75) is 18.7 Å². The van der Waals surface area contributed by atoms with Gasteiger partial charge in [-0.1, -0.05) is 13.8 Å². The molecule has 0 aliphatic heterocycles. The van der Waals surface area contributed by atoms with E-state index < -0.39 is 10.0 Å². The van der Waals surface area contributed by atoms with Gasteiger partial charge in [0.1, 0.15) is 10.6 Å². The van der Waals surface area contributed by atoms with Crippen molar-refractivity contribution in [3.8, 4) is 5.75 Å². The molecule has 7 heteroatoms. The van der Waals surface area contributed by atoms with E-state index in [9.17, 15) is 8.42 Å². The number of ether oxygens (including phenoxy) is 1. The van der Waals surface area contributed by atoms with E-state index in [4.69, 9.17) is 10.5 Å². The molecule has 0 aliphatic carbocycles. The lowest BCUT2D eigenvalue weighted by molar-refractivity contribution is 0.309. The topological polar surface area (TPSA) is 84.7 Å². The van der Waals surface area contributed by atoms with Crippen molar-refractivity contribution in [3.05, 3.63) is 18.2 Å². The monoisotopic (exact) mass is 301 g/mol. The molecule has 0 atom stereocenters. The van der Waals surface area contributed by atoms with Crippen LogP contribution in [0.15, 0.2) is 23.1 Å². The Morgan fingerprint density at radius 1 is 1.30 bits per heavy atom. The largest absolute Gasteiger partial charge is 0.497 e. The Labute approximate surface area is 121 Å². The highest BCUT2D eigenvalue weighted by Gasteiger charge is 2.17. The average Bonchev–Trinajstić information content (AvgIpc) is 2.43. The minimum absolute atomic E-state index is 0.0813. The second-order valence-corrected chi connectivity index (χ2v) is 6.06. The minimum Gasteiger partial charge on any atom is -0.497 e. The van der Waals surface area contributed by atoms with Gasteiger partial charge in [0.15, 0.2) is 0 Å². The van der Waals surface area contributed by atoms with Gasteiger partial charge < -0.3 is 15.4 Å². The third-order valence-electron chi connectivity index (χ3n) is 3.12. The maximum absolute atomic E-state index is 12.2. The summed E-state index contributed by atoms with van der Waals surface area (Å²) in [6.07, 6.45) is 0. The predicted molar refractivity (Wildman–Crippen MR) is 80.4 cm³/mol. The summed E-state index contributed by atoms with van der Waals surface area (Å²) in [4.78, 5) is 2.22. The zero-order valence-corrected chi connectivity index (χ0v) is 13.0. The number of nitrogens with one attached hydrogen (secondary N) is 1. The predicted octanol–water partition coefficient (Wildman–Crippen LogP) is 0.897. The Balaban J connectivity index is 2.74. The van der Waals surface area contributed by atoms with Gasteiger partial charge in [0, 0.05) is 19.2 Å². The van der Waals surface area contributed by atoms with Crippen LogP contribution in [0, 0.1) is 0 Å². The third kappa shape index (κ3) is 4.36. The van der Waals surface area contributed by atoms with Crippen LogP contribution >= 0.6 is 0 Å². The molecule has 1 aromatic rings. The van der Waals surface area contributed by atoms with Gasteiger partial charge in [0.05, 0.1) is 12.8 Å². The second-order valence-electron chi connectivity index (χ2n) is 4.33. The molecular weight excluding hydrogens is 278 g/mol. The van der Waals surface area contributed by atoms with Crippen molar-refractivity contribution in [2.24, 2.45) is 0 Å². The quantitative estimate of drug-likeness (QED) is 0.697. The van der Waals surface area contributed by atoms with Crippen LogP contribution in [-0.4, -0.2) is 46.6 Å². The lowest BCUT2D eigenvalue weighted by atomic mass is 10.3. The zero-order chi connectivity index (χ0) is 15.2. The normalized spacial score (nSPS) is 11.8. The Kier molecular flexibility index (Phi) is 6.25. The summed E-state index contributed by atoms with van der Waals surface area (Å²) in [5.41, 5.74) is 5.94. The fourth-order valence-corrected chi connectivity index (χ4v) is 2.99. The Morgan fingerprint density at radius 3 is 2.45 bits per heavy atom. The first-order valence-corrected chi connectivity index (χ1v) is 8.08. The van der Waals surface area contributed by atoms with Crippen LogP contribution in [0.2, 0.25) is 0 Å². The molecule has 20 heavy (non-hydrogen) atoms. The fraction of sp³-hybridized carbons (Fsp3) is 0.538. The minimum atomic E-state index is -3.59.